The highest BCUT2D eigenvalue weighted by molar-refractivity contribution is 6.08. The monoisotopic (exact) mass is 266 g/mol. The van der Waals surface area contributed by atoms with Crippen molar-refractivity contribution in [2.24, 2.45) is 5.73 Å². The van der Waals surface area contributed by atoms with Gasteiger partial charge in [-0.3, -0.25) is 9.78 Å². The van der Waals surface area contributed by atoms with Crippen LogP contribution in [0.5, 0.6) is 0 Å². The van der Waals surface area contributed by atoms with Crippen LogP contribution in [0.1, 0.15) is 16.1 Å². The van der Waals surface area contributed by atoms with Crippen molar-refractivity contribution in [1.82, 2.24) is 14.5 Å². The summed E-state index contributed by atoms with van der Waals surface area (Å²) in [7, 11) is 0. The molecule has 0 saturated carbocycles. The van der Waals surface area contributed by atoms with Crippen molar-refractivity contribution in [2.45, 2.75) is 6.54 Å². The van der Waals surface area contributed by atoms with Crippen molar-refractivity contribution in [1.29, 1.82) is 0 Å². The van der Waals surface area contributed by atoms with E-state index in [1.54, 1.807) is 18.7 Å². The molecule has 3 rings (SSSR count). The minimum atomic E-state index is -0.126. The smallest absolute Gasteiger partial charge is 0.214 e. The topological polar surface area (TPSA) is 73.8 Å². The molecule has 0 radical (unpaired) electrons. The molecule has 0 aliphatic heterocycles. The van der Waals surface area contributed by atoms with Crippen LogP contribution in [-0.4, -0.2) is 26.9 Å². The Morgan fingerprint density at radius 3 is 2.95 bits per heavy atom. The van der Waals surface area contributed by atoms with Crippen LogP contribution in [0.15, 0.2) is 49.1 Å². The maximum atomic E-state index is 12.4. The van der Waals surface area contributed by atoms with Gasteiger partial charge in [-0.15, -0.1) is 0 Å². The second kappa shape index (κ2) is 5.22. The second-order valence-electron chi connectivity index (χ2n) is 4.53. The molecule has 0 aliphatic rings. The normalized spacial score (nSPS) is 10.8. The minimum absolute atomic E-state index is 0.126. The second-order valence-corrected chi connectivity index (χ2v) is 4.53. The summed E-state index contributed by atoms with van der Waals surface area (Å²) < 4.78 is 1.81. The van der Waals surface area contributed by atoms with Gasteiger partial charge in [0.25, 0.3) is 0 Å². The Morgan fingerprint density at radius 2 is 2.10 bits per heavy atom. The van der Waals surface area contributed by atoms with Gasteiger partial charge in [-0.2, -0.15) is 0 Å². The zero-order chi connectivity index (χ0) is 13.9. The van der Waals surface area contributed by atoms with Crippen LogP contribution >= 0.6 is 0 Å². The van der Waals surface area contributed by atoms with Gasteiger partial charge in [0.15, 0.2) is 0 Å². The zero-order valence-corrected chi connectivity index (χ0v) is 10.9. The fourth-order valence-corrected chi connectivity index (χ4v) is 2.09. The molecule has 2 N–H and O–H groups in total. The number of hydrogen-bond acceptors (Lipinski definition) is 4. The number of nitrogens with zero attached hydrogens (tertiary/aromatic N) is 3. The number of aromatic nitrogens is 3. The van der Waals surface area contributed by atoms with E-state index in [4.69, 9.17) is 5.73 Å². The number of para-hydroxylation sites is 1. The molecule has 100 valence electrons. The molecule has 20 heavy (non-hydrogen) atoms. The van der Waals surface area contributed by atoms with E-state index in [-0.39, 0.29) is 5.78 Å². The molecule has 0 atom stereocenters. The average molecular weight is 266 g/mol. The van der Waals surface area contributed by atoms with Crippen LogP contribution in [0.2, 0.25) is 0 Å². The quantitative estimate of drug-likeness (QED) is 0.728. The Hall–Kier alpha value is -2.53. The minimum Gasteiger partial charge on any atom is -0.335 e. The number of fused-ring (bicyclic) bond motifs is 1. The Labute approximate surface area is 116 Å². The SMILES string of the molecule is NCCn1cnc(C(=O)c2cnc3ccccc3c2)c1. The van der Waals surface area contributed by atoms with Gasteiger partial charge in [0.05, 0.1) is 11.8 Å². The first-order chi connectivity index (χ1) is 9.78. The molecule has 5 heteroatoms. The van der Waals surface area contributed by atoms with Crippen molar-refractivity contribution in [3.05, 3.63) is 60.3 Å². The lowest BCUT2D eigenvalue weighted by molar-refractivity contribution is 0.103. The van der Waals surface area contributed by atoms with Crippen molar-refractivity contribution in [3.8, 4) is 0 Å². The van der Waals surface area contributed by atoms with Gasteiger partial charge in [-0.25, -0.2) is 4.98 Å². The van der Waals surface area contributed by atoms with Gasteiger partial charge in [0.1, 0.15) is 5.69 Å². The first-order valence-electron chi connectivity index (χ1n) is 6.39. The van der Waals surface area contributed by atoms with E-state index in [2.05, 4.69) is 9.97 Å². The van der Waals surface area contributed by atoms with Gasteiger partial charge < -0.3 is 10.3 Å². The van der Waals surface area contributed by atoms with Crippen molar-refractivity contribution < 1.29 is 4.79 Å². The fraction of sp³-hybridized carbons (Fsp3) is 0.133. The van der Waals surface area contributed by atoms with Gasteiger partial charge >= 0.3 is 0 Å². The van der Waals surface area contributed by atoms with E-state index in [0.29, 0.717) is 24.3 Å². The number of ketones is 1. The van der Waals surface area contributed by atoms with Gasteiger partial charge in [0.2, 0.25) is 5.78 Å². The lowest BCUT2D eigenvalue weighted by atomic mass is 10.1. The van der Waals surface area contributed by atoms with E-state index in [1.165, 1.54) is 0 Å². The number of pyridine rings is 1. The van der Waals surface area contributed by atoms with Crippen molar-refractivity contribution >= 4 is 16.7 Å². The lowest BCUT2D eigenvalue weighted by Gasteiger charge is -2.00. The number of hydrogen-bond donors (Lipinski definition) is 1. The Balaban J connectivity index is 1.94. The highest BCUT2D eigenvalue weighted by Gasteiger charge is 2.13. The summed E-state index contributed by atoms with van der Waals surface area (Å²) in [5.41, 5.74) is 7.30. The standard InChI is InChI=1S/C15H14N4O/c16-5-6-19-9-14(18-10-19)15(20)12-7-11-3-1-2-4-13(11)17-8-12/h1-4,7-10H,5-6,16H2. The van der Waals surface area contributed by atoms with Gasteiger partial charge in [-0.05, 0) is 12.1 Å². The number of rotatable bonds is 4. The van der Waals surface area contributed by atoms with E-state index >= 15 is 0 Å². The average Bonchev–Trinajstić information content (AvgIpc) is 2.95. The van der Waals surface area contributed by atoms with Crippen LogP contribution in [0, 0.1) is 0 Å². The van der Waals surface area contributed by atoms with Gasteiger partial charge in [-0.1, -0.05) is 18.2 Å². The maximum absolute atomic E-state index is 12.4. The van der Waals surface area contributed by atoms with E-state index in [9.17, 15) is 4.79 Å². The highest BCUT2D eigenvalue weighted by atomic mass is 16.1. The molecular formula is C15H14N4O. The third-order valence-electron chi connectivity index (χ3n) is 3.11. The summed E-state index contributed by atoms with van der Waals surface area (Å²) in [6.45, 7) is 1.16. The third-order valence-corrected chi connectivity index (χ3v) is 3.11. The molecular weight excluding hydrogens is 252 g/mol. The molecule has 0 saturated heterocycles. The van der Waals surface area contributed by atoms with E-state index in [1.807, 2.05) is 34.9 Å². The number of nitrogens with two attached hydrogens (primary N) is 1. The van der Waals surface area contributed by atoms with Crippen LogP contribution in [0.3, 0.4) is 0 Å². The van der Waals surface area contributed by atoms with Gasteiger partial charge in [0, 0.05) is 36.4 Å². The Bertz CT molecular complexity index is 763. The molecule has 2 aromatic heterocycles. The summed E-state index contributed by atoms with van der Waals surface area (Å²) >= 11 is 0. The van der Waals surface area contributed by atoms with Crippen LogP contribution in [-0.2, 0) is 6.54 Å². The number of benzene rings is 1. The molecule has 0 spiro atoms. The predicted molar refractivity (Wildman–Crippen MR) is 76.5 cm³/mol. The summed E-state index contributed by atoms with van der Waals surface area (Å²) in [5, 5.41) is 0.944. The largest absolute Gasteiger partial charge is 0.335 e. The molecule has 0 fully saturated rings. The molecule has 0 unspecified atom stereocenters. The number of carbonyl (C=O) groups is 1. The maximum Gasteiger partial charge on any atom is 0.214 e. The molecule has 5 nitrogen and oxygen atoms in total. The number of imidazole rings is 1. The third kappa shape index (κ3) is 2.31. The lowest BCUT2D eigenvalue weighted by Crippen LogP contribution is -2.08. The molecule has 3 aromatic rings. The van der Waals surface area contributed by atoms with E-state index in [0.717, 1.165) is 10.9 Å². The fourth-order valence-electron chi connectivity index (χ4n) is 2.09. The van der Waals surface area contributed by atoms with Crippen LogP contribution < -0.4 is 5.73 Å². The molecule has 2 heterocycles. The van der Waals surface area contributed by atoms with E-state index < -0.39 is 0 Å². The molecule has 1 aromatic carbocycles. The number of carbonyl (C=O) groups excluding carboxylic acids is 1. The molecule has 0 amide bonds. The predicted octanol–water partition coefficient (Wildman–Crippen LogP) is 1.62. The van der Waals surface area contributed by atoms with Crippen LogP contribution in [0.4, 0.5) is 0 Å². The summed E-state index contributed by atoms with van der Waals surface area (Å²) in [5.74, 6) is -0.126. The van der Waals surface area contributed by atoms with Crippen molar-refractivity contribution in [2.75, 3.05) is 6.54 Å². The first-order valence-corrected chi connectivity index (χ1v) is 6.39. The van der Waals surface area contributed by atoms with Crippen molar-refractivity contribution in [3.63, 3.8) is 0 Å². The Kier molecular flexibility index (Phi) is 3.26. The summed E-state index contributed by atoms with van der Waals surface area (Å²) in [6, 6.07) is 9.54. The summed E-state index contributed by atoms with van der Waals surface area (Å²) in [4.78, 5) is 20.8. The Morgan fingerprint density at radius 1 is 1.25 bits per heavy atom. The highest BCUT2D eigenvalue weighted by Crippen LogP contribution is 2.15. The first kappa shape index (κ1) is 12.5. The van der Waals surface area contributed by atoms with Crippen LogP contribution in [0.25, 0.3) is 10.9 Å². The molecule has 0 bridgehead atoms. The molecule has 0 aliphatic carbocycles. The zero-order valence-electron chi connectivity index (χ0n) is 10.9. The summed E-state index contributed by atoms with van der Waals surface area (Å²) in [6.07, 6.45) is 4.92.